The number of carbonyl (C=O) groups is 2. The first kappa shape index (κ1) is 14.3. The maximum atomic E-state index is 11.9. The molecule has 0 bridgehead atoms. The second-order valence-electron chi connectivity index (χ2n) is 6.37. The van der Waals surface area contributed by atoms with Crippen LogP contribution < -0.4 is 0 Å². The van der Waals surface area contributed by atoms with Gasteiger partial charge in [0.15, 0.2) is 0 Å². The zero-order chi connectivity index (χ0) is 14.0. The molecule has 2 fully saturated rings. The number of piperidine rings is 1. The fourth-order valence-electron chi connectivity index (χ4n) is 2.32. The van der Waals surface area contributed by atoms with Crippen molar-refractivity contribution in [3.05, 3.63) is 0 Å². The van der Waals surface area contributed by atoms with E-state index in [1.165, 1.54) is 0 Å². The van der Waals surface area contributed by atoms with Crippen molar-refractivity contribution in [3.8, 4) is 0 Å². The van der Waals surface area contributed by atoms with E-state index in [9.17, 15) is 9.59 Å². The van der Waals surface area contributed by atoms with Crippen molar-refractivity contribution < 1.29 is 19.1 Å². The number of ether oxygens (including phenoxy) is 2. The van der Waals surface area contributed by atoms with E-state index in [0.29, 0.717) is 25.9 Å². The van der Waals surface area contributed by atoms with Gasteiger partial charge in [-0.2, -0.15) is 0 Å². The molecule has 2 rings (SSSR count). The van der Waals surface area contributed by atoms with Gasteiger partial charge >= 0.3 is 6.09 Å². The summed E-state index contributed by atoms with van der Waals surface area (Å²) in [6.07, 6.45) is 2.82. The van der Waals surface area contributed by atoms with E-state index in [1.54, 1.807) is 4.90 Å². The summed E-state index contributed by atoms with van der Waals surface area (Å²) in [4.78, 5) is 24.5. The van der Waals surface area contributed by atoms with E-state index in [4.69, 9.17) is 9.47 Å². The molecule has 0 aromatic carbocycles. The predicted molar refractivity (Wildman–Crippen MR) is 69.9 cm³/mol. The molecule has 1 aliphatic carbocycles. The molecule has 0 aromatic heterocycles. The van der Waals surface area contributed by atoms with E-state index >= 15 is 0 Å². The zero-order valence-corrected chi connectivity index (χ0v) is 12.0. The van der Waals surface area contributed by atoms with Crippen molar-refractivity contribution in [2.75, 3.05) is 13.1 Å². The Bertz CT molecular complexity index is 345. The molecule has 0 N–H and O–H groups in total. The van der Waals surface area contributed by atoms with Crippen molar-refractivity contribution in [1.29, 1.82) is 0 Å². The smallest absolute Gasteiger partial charge is 0.410 e. The molecule has 5 heteroatoms. The molecule has 0 unspecified atom stereocenters. The van der Waals surface area contributed by atoms with Crippen molar-refractivity contribution >= 4 is 11.9 Å². The van der Waals surface area contributed by atoms with Crippen LogP contribution in [0.3, 0.4) is 0 Å². The summed E-state index contributed by atoms with van der Waals surface area (Å²) >= 11 is 0. The molecule has 1 amide bonds. The van der Waals surface area contributed by atoms with E-state index in [0.717, 1.165) is 12.8 Å². The van der Waals surface area contributed by atoms with Crippen molar-refractivity contribution in [2.45, 2.75) is 64.3 Å². The summed E-state index contributed by atoms with van der Waals surface area (Å²) < 4.78 is 11.2. The molecule has 1 heterocycles. The van der Waals surface area contributed by atoms with Crippen LogP contribution in [0.15, 0.2) is 0 Å². The number of ketones is 1. The summed E-state index contributed by atoms with van der Waals surface area (Å²) in [5, 5.41) is 0. The molecule has 5 nitrogen and oxygen atoms in total. The van der Waals surface area contributed by atoms with Gasteiger partial charge in [0.1, 0.15) is 11.4 Å². The predicted octanol–water partition coefficient (Wildman–Crippen LogP) is 2.13. The fraction of sp³-hybridized carbons (Fsp3) is 0.857. The van der Waals surface area contributed by atoms with Gasteiger partial charge in [0, 0.05) is 25.9 Å². The van der Waals surface area contributed by atoms with Gasteiger partial charge in [-0.05, 0) is 33.6 Å². The summed E-state index contributed by atoms with van der Waals surface area (Å²) in [7, 11) is 0. The first-order valence-electron chi connectivity index (χ1n) is 6.98. The van der Waals surface area contributed by atoms with Gasteiger partial charge in [-0.3, -0.25) is 4.79 Å². The molecule has 0 spiro atoms. The van der Waals surface area contributed by atoms with E-state index in [2.05, 4.69) is 0 Å². The number of likely N-dealkylation sites (tertiary alicyclic amines) is 1. The highest BCUT2D eigenvalue weighted by atomic mass is 16.6. The lowest BCUT2D eigenvalue weighted by Crippen LogP contribution is -2.45. The molecule has 19 heavy (non-hydrogen) atoms. The van der Waals surface area contributed by atoms with Crippen LogP contribution >= 0.6 is 0 Å². The second-order valence-corrected chi connectivity index (χ2v) is 6.37. The number of Topliss-reactive ketones (excluding diaryl/α,β-unsaturated/α-hetero) is 1. The van der Waals surface area contributed by atoms with Crippen molar-refractivity contribution in [3.63, 3.8) is 0 Å². The Balaban J connectivity index is 1.70. The molecule has 1 saturated carbocycles. The highest BCUT2D eigenvalue weighted by Gasteiger charge is 2.32. The summed E-state index contributed by atoms with van der Waals surface area (Å²) in [5.41, 5.74) is -0.448. The molecular formula is C14H23NO4. The third kappa shape index (κ3) is 4.20. The molecular weight excluding hydrogens is 246 g/mol. The van der Waals surface area contributed by atoms with Crippen LogP contribution in [-0.2, 0) is 14.3 Å². The monoisotopic (exact) mass is 269 g/mol. The van der Waals surface area contributed by atoms with Crippen LogP contribution in [0.2, 0.25) is 0 Å². The lowest BCUT2D eigenvalue weighted by molar-refractivity contribution is -0.140. The van der Waals surface area contributed by atoms with Crippen LogP contribution in [-0.4, -0.2) is 47.7 Å². The van der Waals surface area contributed by atoms with Crippen molar-refractivity contribution in [2.24, 2.45) is 0 Å². The quantitative estimate of drug-likeness (QED) is 0.770. The maximum Gasteiger partial charge on any atom is 0.410 e. The maximum absolute atomic E-state index is 11.9. The number of hydrogen-bond donors (Lipinski definition) is 0. The average molecular weight is 269 g/mol. The zero-order valence-electron chi connectivity index (χ0n) is 12.0. The number of hydrogen-bond acceptors (Lipinski definition) is 4. The number of carbonyl (C=O) groups excluding carboxylic acids is 2. The Morgan fingerprint density at radius 2 is 1.74 bits per heavy atom. The molecule has 108 valence electrons. The first-order valence-corrected chi connectivity index (χ1v) is 6.98. The minimum absolute atomic E-state index is 0.116. The number of amides is 1. The van der Waals surface area contributed by atoms with Crippen molar-refractivity contribution in [1.82, 2.24) is 4.90 Å². The van der Waals surface area contributed by atoms with Crippen LogP contribution in [0, 0.1) is 0 Å². The first-order chi connectivity index (χ1) is 8.83. The molecule has 1 saturated heterocycles. The van der Waals surface area contributed by atoms with E-state index in [1.807, 2.05) is 20.8 Å². The van der Waals surface area contributed by atoms with Crippen LogP contribution in [0.25, 0.3) is 0 Å². The van der Waals surface area contributed by atoms with E-state index in [-0.39, 0.29) is 24.1 Å². The fourth-order valence-corrected chi connectivity index (χ4v) is 2.32. The third-order valence-electron chi connectivity index (χ3n) is 3.39. The Kier molecular flexibility index (Phi) is 4.13. The minimum Gasteiger partial charge on any atom is -0.444 e. The lowest BCUT2D eigenvalue weighted by Gasteiger charge is -2.36. The van der Waals surface area contributed by atoms with Gasteiger partial charge in [0.05, 0.1) is 12.2 Å². The van der Waals surface area contributed by atoms with Gasteiger partial charge in [-0.25, -0.2) is 4.79 Å². The Morgan fingerprint density at radius 1 is 1.16 bits per heavy atom. The van der Waals surface area contributed by atoms with Gasteiger partial charge in [0.2, 0.25) is 0 Å². The Morgan fingerprint density at radius 3 is 2.21 bits per heavy atom. The van der Waals surface area contributed by atoms with Gasteiger partial charge in [0.25, 0.3) is 0 Å². The van der Waals surface area contributed by atoms with Crippen LogP contribution in [0.5, 0.6) is 0 Å². The molecule has 0 atom stereocenters. The van der Waals surface area contributed by atoms with Gasteiger partial charge < -0.3 is 14.4 Å². The summed E-state index contributed by atoms with van der Waals surface area (Å²) in [5.74, 6) is 0.288. The second kappa shape index (κ2) is 5.49. The highest BCUT2D eigenvalue weighted by Crippen LogP contribution is 2.24. The Hall–Kier alpha value is -1.10. The standard InChI is InChI=1S/C14H23NO4/c1-14(2,3)19-13(17)15-6-4-11(5-7-15)18-12-8-10(16)9-12/h11-12H,4-9H2,1-3H3. The minimum atomic E-state index is -0.448. The molecule has 0 radical (unpaired) electrons. The summed E-state index contributed by atoms with van der Waals surface area (Å²) in [6.45, 7) is 6.94. The number of rotatable bonds is 2. The Labute approximate surface area is 114 Å². The summed E-state index contributed by atoms with van der Waals surface area (Å²) in [6, 6.07) is 0. The topological polar surface area (TPSA) is 55.8 Å². The van der Waals surface area contributed by atoms with Gasteiger partial charge in [-0.1, -0.05) is 0 Å². The molecule has 0 aromatic rings. The SMILES string of the molecule is CC(C)(C)OC(=O)N1CCC(OC2CC(=O)C2)CC1. The van der Waals surface area contributed by atoms with E-state index < -0.39 is 5.60 Å². The molecule has 1 aliphatic heterocycles. The third-order valence-corrected chi connectivity index (χ3v) is 3.39. The lowest BCUT2D eigenvalue weighted by atomic mass is 9.93. The average Bonchev–Trinajstić information content (AvgIpc) is 2.25. The number of nitrogens with zero attached hydrogens (tertiary/aromatic N) is 1. The highest BCUT2D eigenvalue weighted by molar-refractivity contribution is 5.85. The van der Waals surface area contributed by atoms with Gasteiger partial charge in [-0.15, -0.1) is 0 Å². The van der Waals surface area contributed by atoms with Crippen LogP contribution in [0.4, 0.5) is 4.79 Å². The largest absolute Gasteiger partial charge is 0.444 e. The normalized spacial score (nSPS) is 22.3. The molecule has 2 aliphatic rings. The van der Waals surface area contributed by atoms with Crippen LogP contribution in [0.1, 0.15) is 46.5 Å².